The van der Waals surface area contributed by atoms with Crippen molar-refractivity contribution in [2.24, 2.45) is 0 Å². The van der Waals surface area contributed by atoms with E-state index in [-0.39, 0.29) is 17.6 Å². The van der Waals surface area contributed by atoms with Gasteiger partial charge in [0.2, 0.25) is 5.95 Å². The summed E-state index contributed by atoms with van der Waals surface area (Å²) >= 11 is 0. The summed E-state index contributed by atoms with van der Waals surface area (Å²) in [6.07, 6.45) is -6.32. The molecule has 0 saturated carbocycles. The predicted octanol–water partition coefficient (Wildman–Crippen LogP) is 2.05. The fourth-order valence-electron chi connectivity index (χ4n) is 3.24. The Labute approximate surface area is 163 Å². The molecular weight excluding hydrogens is 393 g/mol. The maximum atomic E-state index is 12.7. The number of aliphatic hydroxyl groups is 1. The van der Waals surface area contributed by atoms with E-state index in [2.05, 4.69) is 15.3 Å². The number of halogens is 3. The van der Waals surface area contributed by atoms with Gasteiger partial charge in [-0.25, -0.2) is 14.2 Å². The first-order valence-electron chi connectivity index (χ1n) is 9.08. The third-order valence-corrected chi connectivity index (χ3v) is 4.80. The number of nitrogens with zero attached hydrogens (tertiary/aromatic N) is 2. The molecule has 3 N–H and O–H groups in total. The zero-order valence-corrected chi connectivity index (χ0v) is 15.6. The Morgan fingerprint density at radius 3 is 2.55 bits per heavy atom. The van der Waals surface area contributed by atoms with Gasteiger partial charge in [0, 0.05) is 19.3 Å². The fourth-order valence-corrected chi connectivity index (χ4v) is 3.24. The topological polar surface area (TPSA) is 109 Å². The molecule has 0 bridgehead atoms. The smallest absolute Gasteiger partial charge is 0.381 e. The maximum absolute atomic E-state index is 12.7. The molecule has 1 saturated heterocycles. The number of benzene rings is 1. The van der Waals surface area contributed by atoms with Crippen LogP contribution in [-0.4, -0.2) is 39.0 Å². The van der Waals surface area contributed by atoms with Gasteiger partial charge >= 0.3 is 17.6 Å². The lowest BCUT2D eigenvalue weighted by Crippen LogP contribution is -2.42. The van der Waals surface area contributed by atoms with E-state index in [1.807, 2.05) is 0 Å². The van der Waals surface area contributed by atoms with Gasteiger partial charge in [-0.15, -0.1) is 0 Å². The van der Waals surface area contributed by atoms with Crippen LogP contribution in [0.25, 0.3) is 0 Å². The molecule has 1 aliphatic heterocycles. The second kappa shape index (κ2) is 8.37. The van der Waals surface area contributed by atoms with Crippen LogP contribution < -0.4 is 16.7 Å². The molecule has 8 nitrogen and oxygen atoms in total. The first kappa shape index (κ1) is 21.1. The quantitative estimate of drug-likeness (QED) is 0.691. The Hall–Kier alpha value is -2.66. The Balaban J connectivity index is 1.80. The van der Waals surface area contributed by atoms with E-state index in [0.29, 0.717) is 31.6 Å². The molecule has 29 heavy (non-hydrogen) atoms. The lowest BCUT2D eigenvalue weighted by molar-refractivity contribution is -0.206. The summed E-state index contributed by atoms with van der Waals surface area (Å²) in [5.41, 5.74) is -1.22. The second-order valence-corrected chi connectivity index (χ2v) is 6.87. The van der Waals surface area contributed by atoms with Gasteiger partial charge in [0.1, 0.15) is 0 Å². The van der Waals surface area contributed by atoms with Gasteiger partial charge in [-0.2, -0.15) is 18.2 Å². The van der Waals surface area contributed by atoms with E-state index < -0.39 is 29.7 Å². The average Bonchev–Trinajstić information content (AvgIpc) is 2.67. The van der Waals surface area contributed by atoms with E-state index in [9.17, 15) is 27.9 Å². The summed E-state index contributed by atoms with van der Waals surface area (Å²) in [5.74, 6) is -0.0856. The molecule has 0 radical (unpaired) electrons. The van der Waals surface area contributed by atoms with Gasteiger partial charge in [0.05, 0.1) is 6.04 Å². The van der Waals surface area contributed by atoms with Crippen molar-refractivity contribution in [3.63, 3.8) is 0 Å². The SMILES string of the molecule is C[C@H](Nc1nc(=O)n(C2CCOCC2)c(=O)[nH]1)c1cccc(C(O)C(F)(F)F)c1. The highest BCUT2D eigenvalue weighted by atomic mass is 19.4. The number of alkyl halides is 3. The molecular formula is C18H21F3N4O4. The lowest BCUT2D eigenvalue weighted by Gasteiger charge is -2.23. The zero-order chi connectivity index (χ0) is 21.2. The number of aromatic amines is 1. The van der Waals surface area contributed by atoms with Crippen molar-refractivity contribution in [2.75, 3.05) is 18.5 Å². The Kier molecular flexibility index (Phi) is 6.08. The van der Waals surface area contributed by atoms with Crippen LogP contribution in [-0.2, 0) is 4.74 Å². The largest absolute Gasteiger partial charge is 0.418 e. The molecule has 0 aliphatic carbocycles. The van der Waals surface area contributed by atoms with Gasteiger partial charge in [0.15, 0.2) is 6.10 Å². The van der Waals surface area contributed by atoms with Gasteiger partial charge in [0.25, 0.3) is 0 Å². The molecule has 0 spiro atoms. The van der Waals surface area contributed by atoms with Crippen molar-refractivity contribution >= 4 is 5.95 Å². The molecule has 0 amide bonds. The van der Waals surface area contributed by atoms with E-state index in [1.54, 1.807) is 13.0 Å². The van der Waals surface area contributed by atoms with Crippen LogP contribution in [0.1, 0.15) is 49.1 Å². The molecule has 11 heteroatoms. The zero-order valence-electron chi connectivity index (χ0n) is 15.6. The van der Waals surface area contributed by atoms with Crippen LogP contribution in [0.2, 0.25) is 0 Å². The molecule has 1 fully saturated rings. The van der Waals surface area contributed by atoms with Gasteiger partial charge < -0.3 is 15.2 Å². The summed E-state index contributed by atoms with van der Waals surface area (Å²) in [7, 11) is 0. The van der Waals surface area contributed by atoms with Crippen molar-refractivity contribution in [2.45, 2.75) is 44.1 Å². The van der Waals surface area contributed by atoms with Crippen molar-refractivity contribution in [1.29, 1.82) is 0 Å². The van der Waals surface area contributed by atoms with Crippen LogP contribution in [0.5, 0.6) is 0 Å². The fraction of sp³-hybridized carbons (Fsp3) is 0.500. The minimum atomic E-state index is -4.78. The van der Waals surface area contributed by atoms with Crippen molar-refractivity contribution < 1.29 is 23.0 Å². The minimum Gasteiger partial charge on any atom is -0.381 e. The molecule has 1 aromatic carbocycles. The Bertz CT molecular complexity index is 935. The molecule has 1 aliphatic rings. The summed E-state index contributed by atoms with van der Waals surface area (Å²) < 4.78 is 44.5. The Morgan fingerprint density at radius 2 is 1.93 bits per heavy atom. The summed E-state index contributed by atoms with van der Waals surface area (Å²) in [5, 5.41) is 12.2. The van der Waals surface area contributed by atoms with E-state index in [4.69, 9.17) is 4.74 Å². The molecule has 1 aromatic heterocycles. The normalized spacial score (nSPS) is 17.7. The molecule has 3 rings (SSSR count). The maximum Gasteiger partial charge on any atom is 0.418 e. The second-order valence-electron chi connectivity index (χ2n) is 6.87. The summed E-state index contributed by atoms with van der Waals surface area (Å²) in [6.45, 7) is 2.53. The first-order valence-corrected chi connectivity index (χ1v) is 9.08. The Morgan fingerprint density at radius 1 is 1.28 bits per heavy atom. The third-order valence-electron chi connectivity index (χ3n) is 4.80. The average molecular weight is 414 g/mol. The number of ether oxygens (including phenoxy) is 1. The van der Waals surface area contributed by atoms with Crippen molar-refractivity contribution in [1.82, 2.24) is 14.5 Å². The molecule has 2 atom stereocenters. The molecule has 2 aromatic rings. The van der Waals surface area contributed by atoms with Crippen LogP contribution >= 0.6 is 0 Å². The van der Waals surface area contributed by atoms with Crippen molar-refractivity contribution in [3.8, 4) is 0 Å². The number of nitrogens with one attached hydrogen (secondary N) is 2. The van der Waals surface area contributed by atoms with E-state index in [0.717, 1.165) is 4.57 Å². The first-order chi connectivity index (χ1) is 13.7. The van der Waals surface area contributed by atoms with Crippen LogP contribution in [0.4, 0.5) is 19.1 Å². The van der Waals surface area contributed by atoms with Crippen LogP contribution in [0, 0.1) is 0 Å². The van der Waals surface area contributed by atoms with Gasteiger partial charge in [-0.1, -0.05) is 24.3 Å². The number of hydrogen-bond donors (Lipinski definition) is 3. The summed E-state index contributed by atoms with van der Waals surface area (Å²) in [6, 6.07) is 4.44. The number of H-pyrrole nitrogens is 1. The number of aliphatic hydroxyl groups excluding tert-OH is 1. The number of hydrogen-bond acceptors (Lipinski definition) is 6. The number of rotatable bonds is 5. The number of aromatic nitrogens is 3. The predicted molar refractivity (Wildman–Crippen MR) is 97.7 cm³/mol. The van der Waals surface area contributed by atoms with E-state index in [1.165, 1.54) is 18.2 Å². The molecule has 1 unspecified atom stereocenters. The molecule has 158 valence electrons. The monoisotopic (exact) mass is 414 g/mol. The van der Waals surface area contributed by atoms with Crippen molar-refractivity contribution in [3.05, 3.63) is 56.4 Å². The third kappa shape index (κ3) is 4.85. The van der Waals surface area contributed by atoms with Gasteiger partial charge in [-0.3, -0.25) is 4.98 Å². The van der Waals surface area contributed by atoms with Crippen LogP contribution in [0.3, 0.4) is 0 Å². The summed E-state index contributed by atoms with van der Waals surface area (Å²) in [4.78, 5) is 31.0. The minimum absolute atomic E-state index is 0.0856. The van der Waals surface area contributed by atoms with Gasteiger partial charge in [-0.05, 0) is 30.9 Å². The highest BCUT2D eigenvalue weighted by molar-refractivity contribution is 5.34. The van der Waals surface area contributed by atoms with E-state index >= 15 is 0 Å². The highest BCUT2D eigenvalue weighted by Gasteiger charge is 2.39. The van der Waals surface area contributed by atoms with Crippen LogP contribution in [0.15, 0.2) is 33.9 Å². The standard InChI is InChI=1S/C18H21F3N4O4/c1-10(11-3-2-4-12(9-11)14(26)18(19,20)21)22-15-23-16(27)25(17(28)24-15)13-5-7-29-8-6-13/h2-4,9-10,13-14,26H,5-8H2,1H3,(H2,22,23,24,27,28)/t10-,14?/m0/s1. The highest BCUT2D eigenvalue weighted by Crippen LogP contribution is 2.33. The number of anilines is 1. The lowest BCUT2D eigenvalue weighted by atomic mass is 10.0. The molecule has 2 heterocycles.